The number of amides is 1. The van der Waals surface area contributed by atoms with Gasteiger partial charge in [-0.3, -0.25) is 4.79 Å². The van der Waals surface area contributed by atoms with Crippen molar-refractivity contribution in [2.75, 3.05) is 13.1 Å². The first-order valence-corrected chi connectivity index (χ1v) is 6.82. The van der Waals surface area contributed by atoms with E-state index in [-0.39, 0.29) is 0 Å². The van der Waals surface area contributed by atoms with Gasteiger partial charge in [0, 0.05) is 12.6 Å². The molecule has 4 N–H and O–H groups in total. The van der Waals surface area contributed by atoms with E-state index in [2.05, 4.69) is 4.90 Å². The lowest BCUT2D eigenvalue weighted by Gasteiger charge is -2.27. The van der Waals surface area contributed by atoms with Crippen LogP contribution in [0.5, 0.6) is 0 Å². The summed E-state index contributed by atoms with van der Waals surface area (Å²) in [6, 6.07) is 0.848. The predicted octanol–water partition coefficient (Wildman–Crippen LogP) is 0.844. The van der Waals surface area contributed by atoms with Gasteiger partial charge in [-0.15, -0.1) is 0 Å². The van der Waals surface area contributed by atoms with Crippen molar-refractivity contribution in [3.63, 3.8) is 0 Å². The van der Waals surface area contributed by atoms with Crippen LogP contribution in [-0.2, 0) is 4.79 Å². The third kappa shape index (κ3) is 2.99. The van der Waals surface area contributed by atoms with E-state index in [1.165, 1.54) is 25.8 Å². The summed E-state index contributed by atoms with van der Waals surface area (Å²) < 4.78 is 0. The van der Waals surface area contributed by atoms with Crippen molar-refractivity contribution < 1.29 is 4.79 Å². The van der Waals surface area contributed by atoms with E-state index >= 15 is 0 Å². The fraction of sp³-hybridized carbons (Fsp3) is 0.923. The fourth-order valence-corrected chi connectivity index (χ4v) is 3.23. The van der Waals surface area contributed by atoms with Crippen LogP contribution >= 0.6 is 0 Å². The van der Waals surface area contributed by atoms with E-state index in [0.29, 0.717) is 6.42 Å². The topological polar surface area (TPSA) is 72.3 Å². The summed E-state index contributed by atoms with van der Waals surface area (Å²) in [6.07, 6.45) is 7.05. The summed E-state index contributed by atoms with van der Waals surface area (Å²) in [7, 11) is 0. The molecule has 0 aromatic carbocycles. The average Bonchev–Trinajstić information content (AvgIpc) is 2.85. The highest BCUT2D eigenvalue weighted by atomic mass is 16.1. The second kappa shape index (κ2) is 4.94. The summed E-state index contributed by atoms with van der Waals surface area (Å²) in [5, 5.41) is 0. The van der Waals surface area contributed by atoms with Crippen LogP contribution in [0.2, 0.25) is 0 Å². The summed E-state index contributed by atoms with van der Waals surface area (Å²) in [4.78, 5) is 13.7. The standard InChI is InChI=1S/C13H25N3O/c1-13(15,12(14)17)6-2-3-7-16-9-10-4-5-11(16)8-10/h10-11H,2-9,15H2,1H3,(H2,14,17). The fourth-order valence-electron chi connectivity index (χ4n) is 3.23. The van der Waals surface area contributed by atoms with Gasteiger partial charge in [-0.2, -0.15) is 0 Å². The highest BCUT2D eigenvalue weighted by Gasteiger charge is 2.37. The number of nitrogens with zero attached hydrogens (tertiary/aromatic N) is 1. The molecule has 17 heavy (non-hydrogen) atoms. The molecule has 1 heterocycles. The molecule has 0 radical (unpaired) electrons. The minimum atomic E-state index is -0.829. The quantitative estimate of drug-likeness (QED) is 0.675. The number of likely N-dealkylation sites (tertiary alicyclic amines) is 1. The average molecular weight is 239 g/mol. The molecule has 1 saturated carbocycles. The molecule has 2 aliphatic rings. The number of carbonyl (C=O) groups is 1. The zero-order valence-electron chi connectivity index (χ0n) is 10.8. The molecule has 3 atom stereocenters. The van der Waals surface area contributed by atoms with E-state index in [4.69, 9.17) is 11.5 Å². The van der Waals surface area contributed by atoms with Gasteiger partial charge in [0.1, 0.15) is 0 Å². The van der Waals surface area contributed by atoms with Gasteiger partial charge in [-0.1, -0.05) is 0 Å². The molecule has 2 rings (SSSR count). The number of unbranched alkanes of at least 4 members (excludes halogenated alkanes) is 1. The highest BCUT2D eigenvalue weighted by molar-refractivity contribution is 5.83. The smallest absolute Gasteiger partial charge is 0.237 e. The van der Waals surface area contributed by atoms with Crippen molar-refractivity contribution in [2.24, 2.45) is 17.4 Å². The first-order valence-electron chi connectivity index (χ1n) is 6.82. The molecular weight excluding hydrogens is 214 g/mol. The van der Waals surface area contributed by atoms with Crippen LogP contribution in [0, 0.1) is 5.92 Å². The lowest BCUT2D eigenvalue weighted by atomic mass is 9.95. The number of rotatable bonds is 6. The second-order valence-corrected chi connectivity index (χ2v) is 6.07. The Morgan fingerprint density at radius 2 is 2.18 bits per heavy atom. The maximum absolute atomic E-state index is 11.1. The Balaban J connectivity index is 1.62. The molecule has 2 fully saturated rings. The molecular formula is C13H25N3O. The van der Waals surface area contributed by atoms with Gasteiger partial charge in [0.2, 0.25) is 5.91 Å². The maximum atomic E-state index is 11.1. The summed E-state index contributed by atoms with van der Waals surface area (Å²) in [5.74, 6) is 0.572. The number of carbonyl (C=O) groups excluding carboxylic acids is 1. The molecule has 0 aromatic rings. The van der Waals surface area contributed by atoms with E-state index < -0.39 is 11.4 Å². The first kappa shape index (κ1) is 12.8. The monoisotopic (exact) mass is 239 g/mol. The number of hydrogen-bond donors (Lipinski definition) is 2. The Bertz CT molecular complexity index is 290. The Kier molecular flexibility index (Phi) is 3.73. The molecule has 2 bridgehead atoms. The van der Waals surface area contributed by atoms with Crippen molar-refractivity contribution in [1.82, 2.24) is 4.90 Å². The zero-order chi connectivity index (χ0) is 12.5. The van der Waals surface area contributed by atoms with Crippen LogP contribution in [-0.4, -0.2) is 35.5 Å². The number of hydrogen-bond acceptors (Lipinski definition) is 3. The first-order chi connectivity index (χ1) is 7.99. The minimum Gasteiger partial charge on any atom is -0.368 e. The third-order valence-electron chi connectivity index (χ3n) is 4.48. The van der Waals surface area contributed by atoms with Crippen molar-refractivity contribution >= 4 is 5.91 Å². The van der Waals surface area contributed by atoms with Crippen LogP contribution in [0.1, 0.15) is 45.4 Å². The van der Waals surface area contributed by atoms with Gasteiger partial charge in [-0.25, -0.2) is 0 Å². The van der Waals surface area contributed by atoms with Gasteiger partial charge in [0.05, 0.1) is 5.54 Å². The van der Waals surface area contributed by atoms with Gasteiger partial charge >= 0.3 is 0 Å². The molecule has 0 aromatic heterocycles. The summed E-state index contributed by atoms with van der Waals surface area (Å²) in [6.45, 7) is 4.18. The molecule has 0 spiro atoms. The number of piperidine rings is 1. The molecule has 1 amide bonds. The van der Waals surface area contributed by atoms with Gasteiger partial charge < -0.3 is 16.4 Å². The van der Waals surface area contributed by atoms with E-state index in [0.717, 1.165) is 31.3 Å². The van der Waals surface area contributed by atoms with Crippen LogP contribution in [0.3, 0.4) is 0 Å². The minimum absolute atomic E-state index is 0.391. The van der Waals surface area contributed by atoms with E-state index in [1.807, 2.05) is 0 Å². The van der Waals surface area contributed by atoms with Crippen molar-refractivity contribution in [1.29, 1.82) is 0 Å². The molecule has 3 unspecified atom stereocenters. The largest absolute Gasteiger partial charge is 0.368 e. The Labute approximate surface area is 104 Å². The van der Waals surface area contributed by atoms with Crippen LogP contribution < -0.4 is 11.5 Å². The second-order valence-electron chi connectivity index (χ2n) is 6.07. The van der Waals surface area contributed by atoms with Gasteiger partial charge in [-0.05, 0) is 57.9 Å². The number of primary amides is 1. The molecule has 1 aliphatic carbocycles. The van der Waals surface area contributed by atoms with E-state index in [9.17, 15) is 4.79 Å². The predicted molar refractivity (Wildman–Crippen MR) is 68.3 cm³/mol. The lowest BCUT2D eigenvalue weighted by Crippen LogP contribution is -2.49. The summed E-state index contributed by atoms with van der Waals surface area (Å²) >= 11 is 0. The van der Waals surface area contributed by atoms with Crippen molar-refractivity contribution in [3.8, 4) is 0 Å². The Hall–Kier alpha value is -0.610. The molecule has 1 aliphatic heterocycles. The third-order valence-corrected chi connectivity index (χ3v) is 4.48. The highest BCUT2D eigenvalue weighted by Crippen LogP contribution is 2.37. The van der Waals surface area contributed by atoms with E-state index in [1.54, 1.807) is 6.92 Å². The van der Waals surface area contributed by atoms with Crippen LogP contribution in [0.4, 0.5) is 0 Å². The Morgan fingerprint density at radius 3 is 2.71 bits per heavy atom. The van der Waals surface area contributed by atoms with Crippen molar-refractivity contribution in [3.05, 3.63) is 0 Å². The molecule has 4 heteroatoms. The molecule has 98 valence electrons. The van der Waals surface area contributed by atoms with Crippen LogP contribution in [0.15, 0.2) is 0 Å². The lowest BCUT2D eigenvalue weighted by molar-refractivity contribution is -0.122. The molecule has 4 nitrogen and oxygen atoms in total. The zero-order valence-corrected chi connectivity index (χ0v) is 10.8. The summed E-state index contributed by atoms with van der Waals surface area (Å²) in [5.41, 5.74) is 10.2. The van der Waals surface area contributed by atoms with Gasteiger partial charge in [0.25, 0.3) is 0 Å². The normalized spacial score (nSPS) is 31.6. The van der Waals surface area contributed by atoms with Crippen LogP contribution in [0.25, 0.3) is 0 Å². The number of nitrogens with two attached hydrogens (primary N) is 2. The Morgan fingerprint density at radius 1 is 1.41 bits per heavy atom. The SMILES string of the molecule is CC(N)(CCCCN1CC2CCC1C2)C(N)=O. The van der Waals surface area contributed by atoms with Crippen molar-refractivity contribution in [2.45, 2.75) is 57.0 Å². The van der Waals surface area contributed by atoms with Gasteiger partial charge in [0.15, 0.2) is 0 Å². The number of fused-ring (bicyclic) bond motifs is 2. The molecule has 1 saturated heterocycles. The maximum Gasteiger partial charge on any atom is 0.237 e.